The number of hydrogen-bond acceptors (Lipinski definition) is 4. The van der Waals surface area contributed by atoms with Crippen LogP contribution in [0.2, 0.25) is 10.0 Å². The smallest absolute Gasteiger partial charge is 0.268 e. The lowest BCUT2D eigenvalue weighted by Gasteiger charge is -2.32. The number of anilines is 3. The molecule has 6 nitrogen and oxygen atoms in total. The number of benzene rings is 2. The third kappa shape index (κ3) is 3.50. The molecule has 8 heteroatoms. The minimum absolute atomic E-state index is 0.164. The third-order valence-corrected chi connectivity index (χ3v) is 4.36. The molecule has 2 amide bonds. The van der Waals surface area contributed by atoms with Crippen LogP contribution in [0.5, 0.6) is 5.75 Å². The highest BCUT2D eigenvalue weighted by molar-refractivity contribution is 6.39. The Morgan fingerprint density at radius 2 is 1.92 bits per heavy atom. The van der Waals surface area contributed by atoms with Crippen LogP contribution >= 0.6 is 23.2 Å². The van der Waals surface area contributed by atoms with Gasteiger partial charge < -0.3 is 15.8 Å². The van der Waals surface area contributed by atoms with Crippen molar-refractivity contribution in [3.8, 4) is 5.75 Å². The number of ether oxygens (including phenoxy) is 1. The number of nitrogen functional groups attached to an aromatic ring is 1. The molecule has 25 heavy (non-hydrogen) atoms. The Hall–Kier alpha value is -2.44. The fourth-order valence-electron chi connectivity index (χ4n) is 2.52. The number of carbonyl (C=O) groups is 2. The minimum Gasteiger partial charge on any atom is -0.479 e. The van der Waals surface area contributed by atoms with E-state index < -0.39 is 12.0 Å². The van der Waals surface area contributed by atoms with Gasteiger partial charge in [-0.15, -0.1) is 0 Å². The Kier molecular flexibility index (Phi) is 4.74. The van der Waals surface area contributed by atoms with Gasteiger partial charge in [0, 0.05) is 5.69 Å². The quantitative estimate of drug-likeness (QED) is 0.800. The van der Waals surface area contributed by atoms with E-state index in [-0.39, 0.29) is 28.2 Å². The van der Waals surface area contributed by atoms with Crippen LogP contribution in [0.3, 0.4) is 0 Å². The van der Waals surface area contributed by atoms with Crippen LogP contribution < -0.4 is 20.7 Å². The minimum atomic E-state index is -0.664. The summed E-state index contributed by atoms with van der Waals surface area (Å²) in [5.41, 5.74) is 6.87. The zero-order valence-corrected chi connectivity index (χ0v) is 14.8. The van der Waals surface area contributed by atoms with Crippen LogP contribution in [-0.2, 0) is 9.59 Å². The number of hydrogen-bond donors (Lipinski definition) is 2. The van der Waals surface area contributed by atoms with Crippen molar-refractivity contribution in [2.24, 2.45) is 0 Å². The summed E-state index contributed by atoms with van der Waals surface area (Å²) in [4.78, 5) is 26.2. The van der Waals surface area contributed by atoms with Crippen molar-refractivity contribution in [1.82, 2.24) is 0 Å². The molecule has 0 saturated heterocycles. The van der Waals surface area contributed by atoms with Gasteiger partial charge in [-0.3, -0.25) is 14.5 Å². The Labute approximate surface area is 154 Å². The van der Waals surface area contributed by atoms with Crippen LogP contribution in [0.15, 0.2) is 36.4 Å². The zero-order valence-electron chi connectivity index (χ0n) is 13.3. The van der Waals surface area contributed by atoms with Crippen LogP contribution in [0.4, 0.5) is 17.1 Å². The summed E-state index contributed by atoms with van der Waals surface area (Å²) in [6, 6.07) is 10.1. The lowest BCUT2D eigenvalue weighted by Crippen LogP contribution is -2.47. The van der Waals surface area contributed by atoms with Gasteiger partial charge in [-0.25, -0.2) is 0 Å². The molecule has 1 heterocycles. The van der Waals surface area contributed by atoms with Crippen molar-refractivity contribution in [2.45, 2.75) is 13.0 Å². The van der Waals surface area contributed by atoms with Crippen molar-refractivity contribution in [3.63, 3.8) is 0 Å². The summed E-state index contributed by atoms with van der Waals surface area (Å²) in [5, 5.41) is 3.15. The summed E-state index contributed by atoms with van der Waals surface area (Å²) >= 11 is 11.9. The van der Waals surface area contributed by atoms with Crippen molar-refractivity contribution < 1.29 is 14.3 Å². The highest BCUT2D eigenvalue weighted by Crippen LogP contribution is 2.34. The number of nitrogens with two attached hydrogens (primary N) is 1. The van der Waals surface area contributed by atoms with E-state index >= 15 is 0 Å². The monoisotopic (exact) mass is 379 g/mol. The van der Waals surface area contributed by atoms with Crippen LogP contribution in [0.1, 0.15) is 6.92 Å². The lowest BCUT2D eigenvalue weighted by atomic mass is 10.2. The maximum absolute atomic E-state index is 12.4. The first-order valence-corrected chi connectivity index (χ1v) is 8.24. The predicted molar refractivity (Wildman–Crippen MR) is 98.4 cm³/mol. The molecule has 0 bridgehead atoms. The number of halogens is 2. The highest BCUT2D eigenvalue weighted by Gasteiger charge is 2.32. The second-order valence-electron chi connectivity index (χ2n) is 5.55. The molecule has 2 aromatic rings. The van der Waals surface area contributed by atoms with Crippen LogP contribution in [-0.4, -0.2) is 24.5 Å². The molecular formula is C17H15Cl2N3O3. The van der Waals surface area contributed by atoms with Gasteiger partial charge in [-0.2, -0.15) is 0 Å². The van der Waals surface area contributed by atoms with Crippen molar-refractivity contribution in [2.75, 3.05) is 22.5 Å². The Morgan fingerprint density at radius 1 is 1.28 bits per heavy atom. The average Bonchev–Trinajstić information content (AvgIpc) is 2.56. The van der Waals surface area contributed by atoms with Gasteiger partial charge in [0.1, 0.15) is 12.3 Å². The number of carbonyl (C=O) groups excluding carboxylic acids is 2. The van der Waals surface area contributed by atoms with E-state index in [9.17, 15) is 9.59 Å². The fraction of sp³-hybridized carbons (Fsp3) is 0.176. The first kappa shape index (κ1) is 17.4. The van der Waals surface area contributed by atoms with E-state index in [1.54, 1.807) is 31.2 Å². The van der Waals surface area contributed by atoms with Gasteiger partial charge in [0.2, 0.25) is 5.91 Å². The van der Waals surface area contributed by atoms with Crippen molar-refractivity contribution in [3.05, 3.63) is 46.4 Å². The molecule has 0 aromatic heterocycles. The van der Waals surface area contributed by atoms with Gasteiger partial charge in [-0.1, -0.05) is 35.3 Å². The first-order chi connectivity index (χ1) is 11.9. The van der Waals surface area contributed by atoms with E-state index in [1.165, 1.54) is 17.0 Å². The molecule has 0 unspecified atom stereocenters. The first-order valence-electron chi connectivity index (χ1n) is 7.48. The summed E-state index contributed by atoms with van der Waals surface area (Å²) in [6.07, 6.45) is -0.664. The summed E-state index contributed by atoms with van der Waals surface area (Å²) in [5.74, 6) is -0.127. The molecule has 1 aliphatic rings. The number of fused-ring (bicyclic) bond motifs is 1. The molecule has 1 aliphatic heterocycles. The lowest BCUT2D eigenvalue weighted by molar-refractivity contribution is -0.127. The Balaban J connectivity index is 1.80. The molecule has 0 aliphatic carbocycles. The maximum atomic E-state index is 12.4. The number of rotatable bonds is 3. The summed E-state index contributed by atoms with van der Waals surface area (Å²) in [6.45, 7) is 1.48. The normalized spacial score (nSPS) is 16.2. The molecular weight excluding hydrogens is 365 g/mol. The van der Waals surface area contributed by atoms with E-state index in [0.29, 0.717) is 17.1 Å². The van der Waals surface area contributed by atoms with E-state index in [0.717, 1.165) is 0 Å². The zero-order chi connectivity index (χ0) is 18.1. The SMILES string of the molecule is C[C@H]1Oc2ccccc2N(CC(=O)Nc2cc(Cl)c(N)c(Cl)c2)C1=O. The van der Waals surface area contributed by atoms with Gasteiger partial charge in [0.15, 0.2) is 6.10 Å². The number of nitrogens with zero attached hydrogens (tertiary/aromatic N) is 1. The Morgan fingerprint density at radius 3 is 2.60 bits per heavy atom. The average molecular weight is 380 g/mol. The Bertz CT molecular complexity index is 834. The number of nitrogens with one attached hydrogen (secondary N) is 1. The molecule has 0 spiro atoms. The number of amides is 2. The molecule has 2 aromatic carbocycles. The van der Waals surface area contributed by atoms with Crippen molar-refractivity contribution >= 4 is 52.1 Å². The topological polar surface area (TPSA) is 84.7 Å². The molecule has 130 valence electrons. The summed E-state index contributed by atoms with van der Waals surface area (Å²) in [7, 11) is 0. The maximum Gasteiger partial charge on any atom is 0.268 e. The highest BCUT2D eigenvalue weighted by atomic mass is 35.5. The second kappa shape index (κ2) is 6.82. The van der Waals surface area contributed by atoms with Crippen molar-refractivity contribution in [1.29, 1.82) is 0 Å². The second-order valence-corrected chi connectivity index (χ2v) is 6.37. The molecule has 3 rings (SSSR count). The molecule has 1 atom stereocenters. The summed E-state index contributed by atoms with van der Waals surface area (Å²) < 4.78 is 5.55. The molecule has 0 fully saturated rings. The predicted octanol–water partition coefficient (Wildman–Crippen LogP) is 3.33. The standard InChI is InChI=1S/C17H15Cl2N3O3/c1-9-17(24)22(13-4-2-3-5-14(13)25-9)8-15(23)21-10-6-11(18)16(20)12(19)7-10/h2-7,9H,8,20H2,1H3,(H,21,23)/t9-/m1/s1. The van der Waals surface area contributed by atoms with Crippen LogP contribution in [0, 0.1) is 0 Å². The fourth-order valence-corrected chi connectivity index (χ4v) is 3.01. The van der Waals surface area contributed by atoms with Crippen LogP contribution in [0.25, 0.3) is 0 Å². The van der Waals surface area contributed by atoms with E-state index in [4.69, 9.17) is 33.7 Å². The van der Waals surface area contributed by atoms with E-state index in [1.807, 2.05) is 0 Å². The molecule has 0 saturated carbocycles. The van der Waals surface area contributed by atoms with Gasteiger partial charge in [-0.05, 0) is 31.2 Å². The third-order valence-electron chi connectivity index (χ3n) is 3.74. The van der Waals surface area contributed by atoms with E-state index in [2.05, 4.69) is 5.32 Å². The van der Waals surface area contributed by atoms with Gasteiger partial charge in [0.25, 0.3) is 5.91 Å². The number of para-hydroxylation sites is 2. The molecule has 0 radical (unpaired) electrons. The molecule has 3 N–H and O–H groups in total. The van der Waals surface area contributed by atoms with Gasteiger partial charge >= 0.3 is 0 Å². The van der Waals surface area contributed by atoms with Gasteiger partial charge in [0.05, 0.1) is 21.4 Å². The largest absolute Gasteiger partial charge is 0.479 e.